The molecular formula is C7H13N3S. The number of rotatable bonds is 3. The Balaban J connectivity index is 2.99. The molecule has 0 unspecified atom stereocenters. The van der Waals surface area contributed by atoms with Crippen LogP contribution in [0.4, 0.5) is 16.4 Å². The van der Waals surface area contributed by atoms with Crippen LogP contribution in [0.2, 0.25) is 0 Å². The van der Waals surface area contributed by atoms with Gasteiger partial charge in [-0.1, -0.05) is 0 Å². The van der Waals surface area contributed by atoms with Gasteiger partial charge in [0.15, 0.2) is 0 Å². The molecule has 0 atom stereocenters. The highest BCUT2D eigenvalue weighted by atomic mass is 32.1. The van der Waals surface area contributed by atoms with E-state index in [-0.39, 0.29) is 0 Å². The first-order chi connectivity index (χ1) is 5.33. The maximum absolute atomic E-state index is 3.13. The minimum Gasteiger partial charge on any atom is -0.386 e. The predicted octanol–water partition coefficient (Wildman–Crippen LogP) is 1.87. The summed E-state index contributed by atoms with van der Waals surface area (Å²) in [5, 5.41) is 12.6. The summed E-state index contributed by atoms with van der Waals surface area (Å²) in [5.41, 5.74) is 2.28. The topological polar surface area (TPSA) is 36.1 Å². The van der Waals surface area contributed by atoms with Gasteiger partial charge in [-0.25, -0.2) is 0 Å². The van der Waals surface area contributed by atoms with Crippen molar-refractivity contribution in [2.45, 2.75) is 0 Å². The van der Waals surface area contributed by atoms with Crippen molar-refractivity contribution in [2.75, 3.05) is 37.1 Å². The van der Waals surface area contributed by atoms with E-state index in [1.807, 2.05) is 21.1 Å². The summed E-state index contributed by atoms with van der Waals surface area (Å²) in [6, 6.07) is 0. The average molecular weight is 171 g/mol. The quantitative estimate of drug-likeness (QED) is 0.650. The molecule has 11 heavy (non-hydrogen) atoms. The molecule has 3 nitrogen and oxygen atoms in total. The molecule has 0 aliphatic heterocycles. The molecule has 0 aromatic carbocycles. The third kappa shape index (κ3) is 1.40. The summed E-state index contributed by atoms with van der Waals surface area (Å²) < 4.78 is 0. The fourth-order valence-corrected chi connectivity index (χ4v) is 1.89. The van der Waals surface area contributed by atoms with E-state index in [1.54, 1.807) is 11.3 Å². The highest BCUT2D eigenvalue weighted by molar-refractivity contribution is 7.15. The zero-order valence-electron chi connectivity index (χ0n) is 6.99. The first-order valence-corrected chi connectivity index (χ1v) is 4.36. The molecule has 1 aromatic rings. The van der Waals surface area contributed by atoms with Gasteiger partial charge in [-0.2, -0.15) is 0 Å². The van der Waals surface area contributed by atoms with Crippen molar-refractivity contribution in [3.05, 3.63) is 5.38 Å². The van der Waals surface area contributed by atoms with Crippen LogP contribution in [0.5, 0.6) is 0 Å². The SMILES string of the molecule is CNc1csc(NC)c1NC. The molecule has 0 amide bonds. The van der Waals surface area contributed by atoms with Crippen LogP contribution < -0.4 is 16.0 Å². The Morgan fingerprint density at radius 1 is 1.09 bits per heavy atom. The second-order valence-electron chi connectivity index (χ2n) is 2.10. The van der Waals surface area contributed by atoms with E-state index in [0.717, 1.165) is 16.4 Å². The Bertz CT molecular complexity index is 210. The maximum Gasteiger partial charge on any atom is 0.114 e. The Morgan fingerprint density at radius 3 is 2.27 bits per heavy atom. The highest BCUT2D eigenvalue weighted by Gasteiger charge is 2.06. The zero-order chi connectivity index (χ0) is 8.27. The van der Waals surface area contributed by atoms with Crippen molar-refractivity contribution >= 4 is 27.7 Å². The van der Waals surface area contributed by atoms with Gasteiger partial charge in [0, 0.05) is 26.5 Å². The summed E-state index contributed by atoms with van der Waals surface area (Å²) in [6.07, 6.45) is 0. The molecule has 0 aliphatic carbocycles. The average Bonchev–Trinajstić information content (AvgIpc) is 2.45. The van der Waals surface area contributed by atoms with E-state index in [1.165, 1.54) is 0 Å². The first-order valence-electron chi connectivity index (χ1n) is 3.48. The fraction of sp³-hybridized carbons (Fsp3) is 0.429. The van der Waals surface area contributed by atoms with Crippen molar-refractivity contribution < 1.29 is 0 Å². The Morgan fingerprint density at radius 2 is 1.82 bits per heavy atom. The van der Waals surface area contributed by atoms with Crippen LogP contribution in [0, 0.1) is 0 Å². The van der Waals surface area contributed by atoms with Crippen LogP contribution in [0.1, 0.15) is 0 Å². The first kappa shape index (κ1) is 8.20. The van der Waals surface area contributed by atoms with E-state index in [9.17, 15) is 0 Å². The molecule has 1 aromatic heterocycles. The second-order valence-corrected chi connectivity index (χ2v) is 2.98. The van der Waals surface area contributed by atoms with Crippen molar-refractivity contribution in [3.63, 3.8) is 0 Å². The van der Waals surface area contributed by atoms with Crippen molar-refractivity contribution in [1.82, 2.24) is 0 Å². The summed E-state index contributed by atoms with van der Waals surface area (Å²) >= 11 is 1.69. The number of anilines is 3. The number of hydrogen-bond donors (Lipinski definition) is 3. The molecule has 0 aliphatic rings. The van der Waals surface area contributed by atoms with Gasteiger partial charge in [0.2, 0.25) is 0 Å². The molecular weight excluding hydrogens is 158 g/mol. The van der Waals surface area contributed by atoms with Crippen LogP contribution in [0.3, 0.4) is 0 Å². The van der Waals surface area contributed by atoms with Gasteiger partial charge in [-0.05, 0) is 0 Å². The second kappa shape index (κ2) is 3.48. The maximum atomic E-state index is 3.13. The molecule has 3 N–H and O–H groups in total. The molecule has 62 valence electrons. The molecule has 0 bridgehead atoms. The molecule has 1 rings (SSSR count). The molecule has 0 fully saturated rings. The van der Waals surface area contributed by atoms with Crippen LogP contribution in [0.25, 0.3) is 0 Å². The lowest BCUT2D eigenvalue weighted by Gasteiger charge is -2.04. The summed E-state index contributed by atoms with van der Waals surface area (Å²) in [7, 11) is 5.76. The van der Waals surface area contributed by atoms with E-state index >= 15 is 0 Å². The van der Waals surface area contributed by atoms with Crippen LogP contribution >= 0.6 is 11.3 Å². The van der Waals surface area contributed by atoms with Gasteiger partial charge < -0.3 is 16.0 Å². The molecule has 0 radical (unpaired) electrons. The minimum atomic E-state index is 1.14. The van der Waals surface area contributed by atoms with Crippen LogP contribution in [0.15, 0.2) is 5.38 Å². The standard InChI is InChI=1S/C7H13N3S/c1-8-5-4-11-7(10-3)6(5)9-2/h4,8-10H,1-3H3. The van der Waals surface area contributed by atoms with Gasteiger partial charge in [0.1, 0.15) is 5.00 Å². The van der Waals surface area contributed by atoms with Gasteiger partial charge >= 0.3 is 0 Å². The van der Waals surface area contributed by atoms with Crippen LogP contribution in [-0.4, -0.2) is 21.1 Å². The number of thiophene rings is 1. The number of nitrogens with one attached hydrogen (secondary N) is 3. The largest absolute Gasteiger partial charge is 0.386 e. The zero-order valence-corrected chi connectivity index (χ0v) is 7.80. The van der Waals surface area contributed by atoms with E-state index in [0.29, 0.717) is 0 Å². The molecule has 0 spiro atoms. The monoisotopic (exact) mass is 171 g/mol. The van der Waals surface area contributed by atoms with E-state index < -0.39 is 0 Å². The molecule has 1 heterocycles. The molecule has 0 saturated carbocycles. The fourth-order valence-electron chi connectivity index (χ4n) is 0.974. The molecule has 0 saturated heterocycles. The smallest absolute Gasteiger partial charge is 0.114 e. The predicted molar refractivity (Wildman–Crippen MR) is 53.0 cm³/mol. The summed E-state index contributed by atoms with van der Waals surface area (Å²) in [5.74, 6) is 0. The lowest BCUT2D eigenvalue weighted by Crippen LogP contribution is -1.96. The third-order valence-electron chi connectivity index (χ3n) is 1.54. The Kier molecular flexibility index (Phi) is 2.59. The summed E-state index contributed by atoms with van der Waals surface area (Å²) in [6.45, 7) is 0. The normalized spacial score (nSPS) is 9.36. The Labute approximate surface area is 70.8 Å². The lowest BCUT2D eigenvalue weighted by atomic mass is 10.4. The van der Waals surface area contributed by atoms with E-state index in [2.05, 4.69) is 21.3 Å². The van der Waals surface area contributed by atoms with Crippen molar-refractivity contribution in [2.24, 2.45) is 0 Å². The highest BCUT2D eigenvalue weighted by Crippen LogP contribution is 2.36. The van der Waals surface area contributed by atoms with Gasteiger partial charge in [-0.15, -0.1) is 11.3 Å². The van der Waals surface area contributed by atoms with E-state index in [4.69, 9.17) is 0 Å². The summed E-state index contributed by atoms with van der Waals surface area (Å²) in [4.78, 5) is 0. The third-order valence-corrected chi connectivity index (χ3v) is 2.53. The van der Waals surface area contributed by atoms with Crippen molar-refractivity contribution in [3.8, 4) is 0 Å². The van der Waals surface area contributed by atoms with Gasteiger partial charge in [0.25, 0.3) is 0 Å². The van der Waals surface area contributed by atoms with Crippen molar-refractivity contribution in [1.29, 1.82) is 0 Å². The lowest BCUT2D eigenvalue weighted by molar-refractivity contribution is 1.47. The van der Waals surface area contributed by atoms with Gasteiger partial charge in [-0.3, -0.25) is 0 Å². The Hall–Kier alpha value is -0.900. The minimum absolute atomic E-state index is 1.14. The molecule has 4 heteroatoms. The number of hydrogen-bond acceptors (Lipinski definition) is 4. The van der Waals surface area contributed by atoms with Gasteiger partial charge in [0.05, 0.1) is 11.4 Å². The van der Waals surface area contributed by atoms with Crippen LogP contribution in [-0.2, 0) is 0 Å².